The number of nitrogens with zero attached hydrogens (tertiary/aromatic N) is 1. The van der Waals surface area contributed by atoms with Gasteiger partial charge in [0.15, 0.2) is 0 Å². The largest absolute Gasteiger partial charge is 0.197 e. The fourth-order valence-electron chi connectivity index (χ4n) is 5.11. The molecule has 0 aliphatic heterocycles. The first-order chi connectivity index (χ1) is 7.73. The van der Waals surface area contributed by atoms with Crippen LogP contribution in [-0.2, 0) is 0 Å². The van der Waals surface area contributed by atoms with E-state index >= 15 is 0 Å². The van der Waals surface area contributed by atoms with Gasteiger partial charge >= 0.3 is 0 Å². The molecule has 16 heavy (non-hydrogen) atoms. The molecule has 1 unspecified atom stereocenters. The van der Waals surface area contributed by atoms with Crippen molar-refractivity contribution >= 4 is 11.8 Å². The van der Waals surface area contributed by atoms with Crippen LogP contribution in [0.3, 0.4) is 0 Å². The van der Waals surface area contributed by atoms with Crippen molar-refractivity contribution in [3.05, 3.63) is 0 Å². The second-order valence-electron chi connectivity index (χ2n) is 6.48. The first kappa shape index (κ1) is 11.0. The van der Waals surface area contributed by atoms with Gasteiger partial charge in [0.2, 0.25) is 0 Å². The minimum Gasteiger partial charge on any atom is -0.197 e. The summed E-state index contributed by atoms with van der Waals surface area (Å²) in [7, 11) is 0. The molecule has 88 valence electrons. The Morgan fingerprint density at radius 1 is 1.19 bits per heavy atom. The fraction of sp³-hybridized carbons (Fsp3) is 0.929. The summed E-state index contributed by atoms with van der Waals surface area (Å²) < 4.78 is 0. The standard InChI is InChI=1S/C14H21NS/c1-16-13(9-15)8-14-5-10-2-11(6-14)4-12(3-10)7-14/h10-13H,2-8H2,1H3. The Morgan fingerprint density at radius 2 is 1.69 bits per heavy atom. The van der Waals surface area contributed by atoms with Crippen molar-refractivity contribution in [2.45, 2.75) is 50.2 Å². The number of rotatable bonds is 3. The highest BCUT2D eigenvalue weighted by atomic mass is 32.2. The third-order valence-corrected chi connectivity index (χ3v) is 6.05. The Balaban J connectivity index is 1.76. The zero-order chi connectivity index (χ0) is 11.2. The van der Waals surface area contributed by atoms with Crippen LogP contribution in [0.15, 0.2) is 0 Å². The summed E-state index contributed by atoms with van der Waals surface area (Å²) in [6, 6.07) is 2.49. The van der Waals surface area contributed by atoms with Gasteiger partial charge in [-0.3, -0.25) is 0 Å². The summed E-state index contributed by atoms with van der Waals surface area (Å²) in [6.07, 6.45) is 12.1. The third-order valence-electron chi connectivity index (χ3n) is 5.21. The van der Waals surface area contributed by atoms with Crippen LogP contribution in [0.5, 0.6) is 0 Å². The maximum absolute atomic E-state index is 9.16. The molecule has 4 aliphatic carbocycles. The number of hydrogen-bond acceptors (Lipinski definition) is 2. The number of thioether (sulfide) groups is 1. The Labute approximate surface area is 103 Å². The fourth-order valence-corrected chi connectivity index (χ4v) is 5.74. The van der Waals surface area contributed by atoms with Crippen LogP contribution in [0, 0.1) is 34.5 Å². The van der Waals surface area contributed by atoms with Crippen molar-refractivity contribution in [3.63, 3.8) is 0 Å². The minimum atomic E-state index is 0.247. The molecule has 0 N–H and O–H groups in total. The molecule has 0 heterocycles. The van der Waals surface area contributed by atoms with E-state index in [9.17, 15) is 0 Å². The normalized spacial score (nSPS) is 46.6. The summed E-state index contributed by atoms with van der Waals surface area (Å²) >= 11 is 1.76. The molecule has 1 nitrogen and oxygen atoms in total. The molecular formula is C14H21NS. The Hall–Kier alpha value is -0.160. The summed E-state index contributed by atoms with van der Waals surface area (Å²) in [5.41, 5.74) is 0.582. The SMILES string of the molecule is CSC(C#N)CC12CC3CC(CC(C3)C1)C2. The highest BCUT2D eigenvalue weighted by molar-refractivity contribution is 7.99. The lowest BCUT2D eigenvalue weighted by Crippen LogP contribution is -2.46. The van der Waals surface area contributed by atoms with Crippen LogP contribution in [0.25, 0.3) is 0 Å². The maximum Gasteiger partial charge on any atom is 0.0919 e. The molecule has 4 aliphatic rings. The van der Waals surface area contributed by atoms with E-state index < -0.39 is 0 Å². The predicted molar refractivity (Wildman–Crippen MR) is 68.1 cm³/mol. The van der Waals surface area contributed by atoms with E-state index in [0.717, 1.165) is 17.8 Å². The molecular weight excluding hydrogens is 214 g/mol. The van der Waals surface area contributed by atoms with Crippen LogP contribution in [-0.4, -0.2) is 11.5 Å². The van der Waals surface area contributed by atoms with Gasteiger partial charge in [-0.2, -0.15) is 5.26 Å². The number of hydrogen-bond donors (Lipinski definition) is 0. The summed E-state index contributed by atoms with van der Waals surface area (Å²) in [4.78, 5) is 0. The molecule has 4 fully saturated rings. The molecule has 4 saturated carbocycles. The molecule has 1 atom stereocenters. The van der Waals surface area contributed by atoms with E-state index in [2.05, 4.69) is 12.3 Å². The first-order valence-corrected chi connectivity index (χ1v) is 7.94. The van der Waals surface area contributed by atoms with Gasteiger partial charge < -0.3 is 0 Å². The van der Waals surface area contributed by atoms with Crippen molar-refractivity contribution < 1.29 is 0 Å². The van der Waals surface area contributed by atoms with Gasteiger partial charge in [0.25, 0.3) is 0 Å². The lowest BCUT2D eigenvalue weighted by molar-refractivity contribution is -0.0556. The highest BCUT2D eigenvalue weighted by Crippen LogP contribution is 2.61. The smallest absolute Gasteiger partial charge is 0.0919 e. The highest BCUT2D eigenvalue weighted by Gasteiger charge is 2.51. The van der Waals surface area contributed by atoms with E-state index in [4.69, 9.17) is 5.26 Å². The van der Waals surface area contributed by atoms with E-state index in [1.165, 1.54) is 44.9 Å². The topological polar surface area (TPSA) is 23.8 Å². The van der Waals surface area contributed by atoms with Crippen LogP contribution in [0.1, 0.15) is 44.9 Å². The molecule has 2 heteroatoms. The van der Waals surface area contributed by atoms with E-state index in [-0.39, 0.29) is 5.25 Å². The van der Waals surface area contributed by atoms with Gasteiger partial charge in [-0.15, -0.1) is 11.8 Å². The molecule has 0 radical (unpaired) electrons. The lowest BCUT2D eigenvalue weighted by atomic mass is 9.48. The Bertz CT molecular complexity index is 282. The number of nitriles is 1. The maximum atomic E-state index is 9.16. The summed E-state index contributed by atoms with van der Waals surface area (Å²) in [5, 5.41) is 9.40. The Kier molecular flexibility index (Phi) is 2.70. The summed E-state index contributed by atoms with van der Waals surface area (Å²) in [5.74, 6) is 3.06. The van der Waals surface area contributed by atoms with Crippen molar-refractivity contribution in [1.82, 2.24) is 0 Å². The quantitative estimate of drug-likeness (QED) is 0.742. The monoisotopic (exact) mass is 235 g/mol. The molecule has 0 aromatic heterocycles. The van der Waals surface area contributed by atoms with Gasteiger partial charge in [-0.05, 0) is 74.4 Å². The van der Waals surface area contributed by atoms with Crippen molar-refractivity contribution in [3.8, 4) is 6.07 Å². The minimum absolute atomic E-state index is 0.247. The molecule has 0 aromatic carbocycles. The van der Waals surface area contributed by atoms with E-state index in [1.807, 2.05) is 0 Å². The average Bonchev–Trinajstić information content (AvgIpc) is 2.24. The molecule has 0 spiro atoms. The van der Waals surface area contributed by atoms with Crippen LogP contribution in [0.2, 0.25) is 0 Å². The van der Waals surface area contributed by atoms with Crippen molar-refractivity contribution in [2.75, 3.05) is 6.26 Å². The molecule has 4 rings (SSSR count). The van der Waals surface area contributed by atoms with Crippen LogP contribution in [0.4, 0.5) is 0 Å². The van der Waals surface area contributed by atoms with Gasteiger partial charge in [0.05, 0.1) is 11.3 Å². The second kappa shape index (κ2) is 3.95. The molecule has 0 saturated heterocycles. The van der Waals surface area contributed by atoms with E-state index in [1.54, 1.807) is 11.8 Å². The van der Waals surface area contributed by atoms with Gasteiger partial charge in [-0.25, -0.2) is 0 Å². The first-order valence-electron chi connectivity index (χ1n) is 6.65. The second-order valence-corrected chi connectivity index (χ2v) is 7.52. The van der Waals surface area contributed by atoms with Gasteiger partial charge in [-0.1, -0.05) is 0 Å². The predicted octanol–water partition coefficient (Wildman–Crippen LogP) is 3.85. The zero-order valence-electron chi connectivity index (χ0n) is 10.1. The van der Waals surface area contributed by atoms with Gasteiger partial charge in [0.1, 0.15) is 0 Å². The lowest BCUT2D eigenvalue weighted by Gasteiger charge is -2.57. The Morgan fingerprint density at radius 3 is 2.06 bits per heavy atom. The van der Waals surface area contributed by atoms with Gasteiger partial charge in [0, 0.05) is 0 Å². The van der Waals surface area contributed by atoms with Crippen molar-refractivity contribution in [2.24, 2.45) is 23.2 Å². The third kappa shape index (κ3) is 1.78. The summed E-state index contributed by atoms with van der Waals surface area (Å²) in [6.45, 7) is 0. The molecule has 0 amide bonds. The van der Waals surface area contributed by atoms with Crippen molar-refractivity contribution in [1.29, 1.82) is 5.26 Å². The van der Waals surface area contributed by atoms with Crippen LogP contribution >= 0.6 is 11.8 Å². The van der Waals surface area contributed by atoms with E-state index in [0.29, 0.717) is 5.41 Å². The van der Waals surface area contributed by atoms with Crippen LogP contribution < -0.4 is 0 Å². The average molecular weight is 235 g/mol. The zero-order valence-corrected chi connectivity index (χ0v) is 10.9. The molecule has 0 aromatic rings. The molecule has 4 bridgehead atoms.